The molecule has 1 fully saturated rings. The third-order valence-electron chi connectivity index (χ3n) is 4.40. The first-order valence-electron chi connectivity index (χ1n) is 8.88. The average Bonchev–Trinajstić information content (AvgIpc) is 2.50. The fraction of sp³-hybridized carbons (Fsp3) is 1.00. The van der Waals surface area contributed by atoms with Gasteiger partial charge in [0.25, 0.3) is 0 Å². The molecule has 1 heterocycles. The molecular weight excluding hydrogens is 266 g/mol. The number of likely N-dealkylation sites (tertiary alicyclic amines) is 1. The van der Waals surface area contributed by atoms with Crippen LogP contribution in [0.15, 0.2) is 0 Å². The van der Waals surface area contributed by atoms with Gasteiger partial charge in [0, 0.05) is 25.8 Å². The Balaban J connectivity index is 1.91. The molecule has 4 heteroatoms. The number of aliphatic hydroxyl groups excluding tert-OH is 2. The van der Waals surface area contributed by atoms with Gasteiger partial charge in [0.15, 0.2) is 0 Å². The van der Waals surface area contributed by atoms with Crippen LogP contribution in [0.25, 0.3) is 0 Å². The van der Waals surface area contributed by atoms with Crippen LogP contribution in [0.1, 0.15) is 64.7 Å². The minimum Gasteiger partial charge on any atom is -0.395 e. The van der Waals surface area contributed by atoms with Crippen molar-refractivity contribution in [1.29, 1.82) is 0 Å². The quantitative estimate of drug-likeness (QED) is 0.544. The maximum Gasteiger partial charge on any atom is 0.0587 e. The van der Waals surface area contributed by atoms with Gasteiger partial charge < -0.3 is 14.9 Å². The van der Waals surface area contributed by atoms with Crippen LogP contribution in [0.2, 0.25) is 0 Å². The Morgan fingerprint density at radius 2 is 1.76 bits per heavy atom. The number of nitrogens with zero attached hydrogens (tertiary/aromatic N) is 1. The highest BCUT2D eigenvalue weighted by Crippen LogP contribution is 2.18. The van der Waals surface area contributed by atoms with E-state index < -0.39 is 0 Å². The minimum absolute atomic E-state index is 0.156. The molecule has 0 amide bonds. The molecule has 4 nitrogen and oxygen atoms in total. The first kappa shape index (κ1) is 18.9. The summed E-state index contributed by atoms with van der Waals surface area (Å²) >= 11 is 0. The van der Waals surface area contributed by atoms with Crippen LogP contribution in [0, 0.1) is 0 Å². The molecule has 1 aliphatic heterocycles. The van der Waals surface area contributed by atoms with Gasteiger partial charge in [-0.2, -0.15) is 0 Å². The predicted octanol–water partition coefficient (Wildman–Crippen LogP) is 2.57. The lowest BCUT2D eigenvalue weighted by atomic mass is 9.99. The molecule has 0 saturated carbocycles. The number of ether oxygens (including phenoxy) is 1. The predicted molar refractivity (Wildman–Crippen MR) is 86.5 cm³/mol. The topological polar surface area (TPSA) is 52.9 Å². The van der Waals surface area contributed by atoms with E-state index >= 15 is 0 Å². The van der Waals surface area contributed by atoms with E-state index in [2.05, 4.69) is 11.8 Å². The summed E-state index contributed by atoms with van der Waals surface area (Å²) in [7, 11) is 0. The standard InChI is InChI=1S/C17H35NO3/c1-2-3-4-7-12-21-13-8-5-6-10-18-11-9-17(20)14-16(18)15-19/h16-17,19-20H,2-15H2,1H3. The zero-order valence-corrected chi connectivity index (χ0v) is 13.8. The molecule has 1 saturated heterocycles. The summed E-state index contributed by atoms with van der Waals surface area (Å²) in [5.74, 6) is 0. The Kier molecular flexibility index (Phi) is 11.1. The fourth-order valence-corrected chi connectivity index (χ4v) is 2.99. The van der Waals surface area contributed by atoms with E-state index in [1.54, 1.807) is 0 Å². The highest BCUT2D eigenvalue weighted by molar-refractivity contribution is 4.80. The fourth-order valence-electron chi connectivity index (χ4n) is 2.99. The van der Waals surface area contributed by atoms with Gasteiger partial charge in [-0.05, 0) is 45.1 Å². The van der Waals surface area contributed by atoms with E-state index in [1.165, 1.54) is 32.1 Å². The second-order valence-corrected chi connectivity index (χ2v) is 6.28. The largest absolute Gasteiger partial charge is 0.395 e. The first-order chi connectivity index (χ1) is 10.3. The number of unbranched alkanes of at least 4 members (excludes halogenated alkanes) is 5. The Labute approximate surface area is 130 Å². The Morgan fingerprint density at radius 3 is 2.43 bits per heavy atom. The van der Waals surface area contributed by atoms with Gasteiger partial charge in [0.2, 0.25) is 0 Å². The minimum atomic E-state index is -0.223. The highest BCUT2D eigenvalue weighted by atomic mass is 16.5. The molecule has 2 unspecified atom stereocenters. The number of hydrogen-bond acceptors (Lipinski definition) is 4. The Bertz CT molecular complexity index is 238. The molecule has 2 N–H and O–H groups in total. The number of hydrogen-bond donors (Lipinski definition) is 2. The van der Waals surface area contributed by atoms with E-state index in [0.717, 1.165) is 52.0 Å². The molecule has 126 valence electrons. The molecule has 0 radical (unpaired) electrons. The lowest BCUT2D eigenvalue weighted by Crippen LogP contribution is -2.46. The van der Waals surface area contributed by atoms with Crippen LogP contribution in [0.3, 0.4) is 0 Å². The van der Waals surface area contributed by atoms with Gasteiger partial charge in [-0.3, -0.25) is 4.90 Å². The summed E-state index contributed by atoms with van der Waals surface area (Å²) in [6.07, 6.45) is 9.91. The normalized spacial score (nSPS) is 23.6. The van der Waals surface area contributed by atoms with Crippen molar-refractivity contribution >= 4 is 0 Å². The Morgan fingerprint density at radius 1 is 1.05 bits per heavy atom. The molecule has 0 aromatic heterocycles. The van der Waals surface area contributed by atoms with Crippen molar-refractivity contribution in [2.75, 3.05) is 32.9 Å². The van der Waals surface area contributed by atoms with E-state index in [0.29, 0.717) is 0 Å². The summed E-state index contributed by atoms with van der Waals surface area (Å²) in [5.41, 5.74) is 0. The van der Waals surface area contributed by atoms with E-state index in [4.69, 9.17) is 4.74 Å². The molecule has 0 aromatic carbocycles. The van der Waals surface area contributed by atoms with Crippen molar-refractivity contribution in [2.24, 2.45) is 0 Å². The van der Waals surface area contributed by atoms with Crippen molar-refractivity contribution in [3.05, 3.63) is 0 Å². The summed E-state index contributed by atoms with van der Waals surface area (Å²) in [4.78, 5) is 2.33. The Hall–Kier alpha value is -0.160. The van der Waals surface area contributed by atoms with E-state index in [-0.39, 0.29) is 18.8 Å². The number of piperidine rings is 1. The van der Waals surface area contributed by atoms with Gasteiger partial charge in [-0.1, -0.05) is 26.2 Å². The van der Waals surface area contributed by atoms with Crippen LogP contribution in [0.5, 0.6) is 0 Å². The maximum atomic E-state index is 9.62. The van der Waals surface area contributed by atoms with Crippen molar-refractivity contribution in [1.82, 2.24) is 4.90 Å². The molecule has 0 bridgehead atoms. The van der Waals surface area contributed by atoms with Gasteiger partial charge in [0.1, 0.15) is 0 Å². The van der Waals surface area contributed by atoms with Crippen LogP contribution in [-0.2, 0) is 4.74 Å². The summed E-state index contributed by atoms with van der Waals surface area (Å²) in [6, 6.07) is 0.156. The molecule has 0 spiro atoms. The van der Waals surface area contributed by atoms with Gasteiger partial charge in [0.05, 0.1) is 12.7 Å². The summed E-state index contributed by atoms with van der Waals surface area (Å²) < 4.78 is 5.64. The average molecular weight is 301 g/mol. The summed E-state index contributed by atoms with van der Waals surface area (Å²) in [6.45, 7) is 6.14. The highest BCUT2D eigenvalue weighted by Gasteiger charge is 2.25. The zero-order valence-electron chi connectivity index (χ0n) is 13.8. The molecule has 1 rings (SSSR count). The molecule has 21 heavy (non-hydrogen) atoms. The lowest BCUT2D eigenvalue weighted by Gasteiger charge is -2.36. The molecule has 2 atom stereocenters. The van der Waals surface area contributed by atoms with Crippen molar-refractivity contribution in [3.63, 3.8) is 0 Å². The third kappa shape index (κ3) is 8.77. The zero-order chi connectivity index (χ0) is 15.3. The van der Waals surface area contributed by atoms with Crippen LogP contribution in [0.4, 0.5) is 0 Å². The maximum absolute atomic E-state index is 9.62. The van der Waals surface area contributed by atoms with Crippen LogP contribution in [-0.4, -0.2) is 60.2 Å². The number of rotatable bonds is 12. The smallest absolute Gasteiger partial charge is 0.0587 e. The van der Waals surface area contributed by atoms with Crippen molar-refractivity contribution in [2.45, 2.75) is 76.9 Å². The molecule has 0 aliphatic carbocycles. The van der Waals surface area contributed by atoms with Crippen molar-refractivity contribution in [3.8, 4) is 0 Å². The van der Waals surface area contributed by atoms with E-state index in [1.807, 2.05) is 0 Å². The molecule has 1 aliphatic rings. The lowest BCUT2D eigenvalue weighted by molar-refractivity contribution is 0.0160. The molecular formula is C17H35NO3. The SMILES string of the molecule is CCCCCCOCCCCCN1CCC(O)CC1CO. The van der Waals surface area contributed by atoms with Gasteiger partial charge in [-0.15, -0.1) is 0 Å². The first-order valence-corrected chi connectivity index (χ1v) is 8.88. The second kappa shape index (κ2) is 12.4. The van der Waals surface area contributed by atoms with Crippen LogP contribution >= 0.6 is 0 Å². The van der Waals surface area contributed by atoms with Gasteiger partial charge in [-0.25, -0.2) is 0 Å². The monoisotopic (exact) mass is 301 g/mol. The molecule has 0 aromatic rings. The number of aliphatic hydroxyl groups is 2. The second-order valence-electron chi connectivity index (χ2n) is 6.28. The third-order valence-corrected chi connectivity index (χ3v) is 4.40. The van der Waals surface area contributed by atoms with Gasteiger partial charge >= 0.3 is 0 Å². The summed E-state index contributed by atoms with van der Waals surface area (Å²) in [5, 5.41) is 19.0. The van der Waals surface area contributed by atoms with E-state index in [9.17, 15) is 10.2 Å². The van der Waals surface area contributed by atoms with Crippen LogP contribution < -0.4 is 0 Å². The van der Waals surface area contributed by atoms with Crippen molar-refractivity contribution < 1.29 is 14.9 Å².